The number of hydrogen-bond acceptors (Lipinski definition) is 7. The van der Waals surface area contributed by atoms with E-state index in [1.54, 1.807) is 18.5 Å². The van der Waals surface area contributed by atoms with Crippen molar-refractivity contribution in [3.8, 4) is 0 Å². The van der Waals surface area contributed by atoms with Gasteiger partial charge >= 0.3 is 0 Å². The minimum atomic E-state index is -3.62. The number of aromatic nitrogens is 2. The zero-order valence-electron chi connectivity index (χ0n) is 18.5. The predicted octanol–water partition coefficient (Wildman–Crippen LogP) is 2.46. The van der Waals surface area contributed by atoms with Crippen LogP contribution in [0.1, 0.15) is 25.7 Å². The van der Waals surface area contributed by atoms with Crippen LogP contribution in [0.2, 0.25) is 5.02 Å². The summed E-state index contributed by atoms with van der Waals surface area (Å²) in [5, 5.41) is 3.10. The zero-order valence-corrected chi connectivity index (χ0v) is 20.1. The fourth-order valence-electron chi connectivity index (χ4n) is 4.15. The maximum Gasteiger partial charge on any atom is 0.243 e. The lowest BCUT2D eigenvalue weighted by Crippen LogP contribution is -2.49. The van der Waals surface area contributed by atoms with Crippen molar-refractivity contribution in [3.05, 3.63) is 41.7 Å². The number of anilines is 2. The monoisotopic (exact) mass is 492 g/mol. The lowest BCUT2D eigenvalue weighted by molar-refractivity contribution is -0.117. The number of benzene rings is 1. The number of piperazine rings is 1. The molecule has 2 fully saturated rings. The Balaban J connectivity index is 1.36. The lowest BCUT2D eigenvalue weighted by Gasteiger charge is -2.34. The molecule has 9 nitrogen and oxygen atoms in total. The molecule has 178 valence electrons. The second kappa shape index (κ2) is 10.8. The standard InChI is InChI=1S/C22H29ClN6O3S/c23-19-7-6-18(33(31,32)29-10-3-1-2-4-11-29)16-20(19)26-21(30)17-27-12-14-28(15-13-27)22-24-8-5-9-25-22/h5-9,16H,1-4,10-15,17H2,(H,26,30). The molecule has 4 rings (SSSR count). The number of halogens is 1. The molecule has 1 aromatic heterocycles. The molecule has 1 N–H and O–H groups in total. The second-order valence-electron chi connectivity index (χ2n) is 8.32. The van der Waals surface area contributed by atoms with E-state index < -0.39 is 10.0 Å². The molecular weight excluding hydrogens is 464 g/mol. The number of carbonyl (C=O) groups excluding carboxylic acids is 1. The van der Waals surface area contributed by atoms with Gasteiger partial charge in [-0.15, -0.1) is 0 Å². The van der Waals surface area contributed by atoms with Gasteiger partial charge in [0.2, 0.25) is 21.9 Å². The molecule has 2 saturated heterocycles. The molecule has 0 spiro atoms. The number of carbonyl (C=O) groups is 1. The second-order valence-corrected chi connectivity index (χ2v) is 10.7. The number of sulfonamides is 1. The normalized spacial score (nSPS) is 18.6. The summed E-state index contributed by atoms with van der Waals surface area (Å²) in [5.74, 6) is 0.460. The van der Waals surface area contributed by atoms with E-state index in [2.05, 4.69) is 20.2 Å². The SMILES string of the molecule is O=C(CN1CCN(c2ncccn2)CC1)Nc1cc(S(=O)(=O)N2CCCCCC2)ccc1Cl. The van der Waals surface area contributed by atoms with Gasteiger partial charge in [0.25, 0.3) is 0 Å². The summed E-state index contributed by atoms with van der Waals surface area (Å²) in [7, 11) is -3.62. The van der Waals surface area contributed by atoms with Crippen LogP contribution in [0.3, 0.4) is 0 Å². The fraction of sp³-hybridized carbons (Fsp3) is 0.500. The van der Waals surface area contributed by atoms with E-state index in [0.29, 0.717) is 42.8 Å². The highest BCUT2D eigenvalue weighted by atomic mass is 35.5. The molecule has 0 saturated carbocycles. The van der Waals surface area contributed by atoms with E-state index in [1.165, 1.54) is 22.5 Å². The van der Waals surface area contributed by atoms with Crippen LogP contribution in [0.15, 0.2) is 41.6 Å². The first-order valence-electron chi connectivity index (χ1n) is 11.3. The first kappa shape index (κ1) is 23.9. The highest BCUT2D eigenvalue weighted by Gasteiger charge is 2.26. The first-order valence-corrected chi connectivity index (χ1v) is 13.1. The van der Waals surface area contributed by atoms with Crippen LogP contribution in [0.4, 0.5) is 11.6 Å². The quantitative estimate of drug-likeness (QED) is 0.661. The van der Waals surface area contributed by atoms with E-state index in [1.807, 2.05) is 4.90 Å². The number of amides is 1. The summed E-state index contributed by atoms with van der Waals surface area (Å²) < 4.78 is 27.7. The molecule has 1 aromatic carbocycles. The van der Waals surface area contributed by atoms with E-state index in [9.17, 15) is 13.2 Å². The molecule has 2 aromatic rings. The molecule has 0 unspecified atom stereocenters. The third-order valence-corrected chi connectivity index (χ3v) is 8.21. The summed E-state index contributed by atoms with van der Waals surface area (Å²) in [6, 6.07) is 6.28. The highest BCUT2D eigenvalue weighted by Crippen LogP contribution is 2.28. The smallest absolute Gasteiger partial charge is 0.243 e. The summed E-state index contributed by atoms with van der Waals surface area (Å²) in [4.78, 5) is 25.5. The van der Waals surface area contributed by atoms with Crippen molar-refractivity contribution in [2.45, 2.75) is 30.6 Å². The average molecular weight is 493 g/mol. The van der Waals surface area contributed by atoms with Gasteiger partial charge < -0.3 is 10.2 Å². The zero-order chi connectivity index (χ0) is 23.3. The number of hydrogen-bond donors (Lipinski definition) is 1. The van der Waals surface area contributed by atoms with Gasteiger partial charge in [0, 0.05) is 51.7 Å². The van der Waals surface area contributed by atoms with Gasteiger partial charge in [-0.1, -0.05) is 24.4 Å². The minimum absolute atomic E-state index is 0.153. The summed E-state index contributed by atoms with van der Waals surface area (Å²) >= 11 is 6.27. The third kappa shape index (κ3) is 6.00. The summed E-state index contributed by atoms with van der Waals surface area (Å²) in [6.07, 6.45) is 7.24. The molecule has 0 bridgehead atoms. The topological polar surface area (TPSA) is 98.7 Å². The first-order chi connectivity index (χ1) is 15.9. The molecule has 11 heteroatoms. The Hall–Kier alpha value is -2.27. The van der Waals surface area contributed by atoms with Crippen molar-refractivity contribution in [1.29, 1.82) is 0 Å². The lowest BCUT2D eigenvalue weighted by atomic mass is 10.2. The third-order valence-electron chi connectivity index (χ3n) is 5.99. The maximum absolute atomic E-state index is 13.1. The number of nitrogens with zero attached hydrogens (tertiary/aromatic N) is 5. The largest absolute Gasteiger partial charge is 0.338 e. The van der Waals surface area contributed by atoms with Gasteiger partial charge in [-0.3, -0.25) is 9.69 Å². The Morgan fingerprint density at radius 3 is 2.30 bits per heavy atom. The Labute approximate surface area is 199 Å². The molecule has 0 aliphatic carbocycles. The van der Waals surface area contributed by atoms with Gasteiger partial charge in [-0.05, 0) is 37.1 Å². The van der Waals surface area contributed by atoms with Crippen LogP contribution in [0, 0.1) is 0 Å². The van der Waals surface area contributed by atoms with Crippen molar-refractivity contribution in [2.24, 2.45) is 0 Å². The van der Waals surface area contributed by atoms with Gasteiger partial charge in [0.05, 0.1) is 22.2 Å². The molecule has 33 heavy (non-hydrogen) atoms. The van der Waals surface area contributed by atoms with Crippen molar-refractivity contribution >= 4 is 39.2 Å². The van der Waals surface area contributed by atoms with Crippen molar-refractivity contribution in [2.75, 3.05) is 56.0 Å². The molecule has 1 amide bonds. The van der Waals surface area contributed by atoms with Crippen LogP contribution in [0.5, 0.6) is 0 Å². The van der Waals surface area contributed by atoms with Crippen molar-refractivity contribution in [1.82, 2.24) is 19.2 Å². The predicted molar refractivity (Wildman–Crippen MR) is 128 cm³/mol. The number of rotatable bonds is 6. The number of nitrogens with one attached hydrogen (secondary N) is 1. The van der Waals surface area contributed by atoms with Gasteiger partial charge in [-0.25, -0.2) is 18.4 Å². The molecule has 0 radical (unpaired) electrons. The van der Waals surface area contributed by atoms with Crippen LogP contribution in [-0.4, -0.2) is 79.3 Å². The van der Waals surface area contributed by atoms with Gasteiger partial charge in [-0.2, -0.15) is 4.31 Å². The molecule has 2 aliphatic heterocycles. The van der Waals surface area contributed by atoms with Crippen molar-refractivity contribution < 1.29 is 13.2 Å². The maximum atomic E-state index is 13.1. The van der Waals surface area contributed by atoms with Crippen LogP contribution >= 0.6 is 11.6 Å². The molecular formula is C22H29ClN6O3S. The van der Waals surface area contributed by atoms with Crippen LogP contribution in [-0.2, 0) is 14.8 Å². The van der Waals surface area contributed by atoms with Crippen LogP contribution < -0.4 is 10.2 Å². The Bertz CT molecular complexity index is 1050. The fourth-order valence-corrected chi connectivity index (χ4v) is 5.85. The summed E-state index contributed by atoms with van der Waals surface area (Å²) in [5.41, 5.74) is 0.314. The molecule has 0 atom stereocenters. The van der Waals surface area contributed by atoms with E-state index in [0.717, 1.165) is 38.8 Å². The molecule has 2 aliphatic rings. The molecule has 3 heterocycles. The van der Waals surface area contributed by atoms with Crippen LogP contribution in [0.25, 0.3) is 0 Å². The minimum Gasteiger partial charge on any atom is -0.338 e. The van der Waals surface area contributed by atoms with Gasteiger partial charge in [0.15, 0.2) is 0 Å². The Kier molecular flexibility index (Phi) is 7.79. The van der Waals surface area contributed by atoms with Crippen molar-refractivity contribution in [3.63, 3.8) is 0 Å². The Morgan fingerprint density at radius 1 is 0.970 bits per heavy atom. The highest BCUT2D eigenvalue weighted by molar-refractivity contribution is 7.89. The summed E-state index contributed by atoms with van der Waals surface area (Å²) in [6.45, 7) is 4.08. The van der Waals surface area contributed by atoms with Gasteiger partial charge in [0.1, 0.15) is 0 Å². The van der Waals surface area contributed by atoms with E-state index in [4.69, 9.17) is 11.6 Å². The Morgan fingerprint density at radius 2 is 1.64 bits per heavy atom. The average Bonchev–Trinajstić information content (AvgIpc) is 3.12. The van der Waals surface area contributed by atoms with E-state index >= 15 is 0 Å². The van der Waals surface area contributed by atoms with E-state index in [-0.39, 0.29) is 17.3 Å².